The lowest BCUT2D eigenvalue weighted by Gasteiger charge is -2.49. The quantitative estimate of drug-likeness (QED) is 0.206. The summed E-state index contributed by atoms with van der Waals surface area (Å²) in [5.74, 6) is -1.88. The van der Waals surface area contributed by atoms with Crippen molar-refractivity contribution >= 4 is 51.7 Å². The number of aliphatic carboxylic acids is 1. The highest BCUT2D eigenvalue weighted by molar-refractivity contribution is 8.03. The van der Waals surface area contributed by atoms with Crippen LogP contribution in [0, 0.1) is 0 Å². The van der Waals surface area contributed by atoms with Crippen LogP contribution in [0.25, 0.3) is 0 Å². The number of allylic oxidation sites excluding steroid dienone is 1. The van der Waals surface area contributed by atoms with E-state index in [1.54, 1.807) is 12.3 Å². The summed E-state index contributed by atoms with van der Waals surface area (Å²) in [6.07, 6.45) is 3.65. The lowest BCUT2D eigenvalue weighted by atomic mass is 9.94. The normalized spacial score (nSPS) is 20.2. The number of oxime groups is 1. The SMILES string of the molecule is CCON=C(C(=O)NC1C(=O)N2C(C(=O)O)=C(C[n+]3ccccc3)SCC12)c1csc(N)n1. The Kier molecular flexibility index (Phi) is 6.60. The number of amides is 2. The zero-order chi connectivity index (χ0) is 23.5. The van der Waals surface area contributed by atoms with Crippen LogP contribution in [0.4, 0.5) is 5.13 Å². The minimum Gasteiger partial charge on any atom is -0.477 e. The van der Waals surface area contributed by atoms with E-state index in [1.807, 2.05) is 35.2 Å². The number of carbonyl (C=O) groups is 3. The first-order chi connectivity index (χ1) is 15.9. The summed E-state index contributed by atoms with van der Waals surface area (Å²) in [5, 5.41) is 18.1. The number of nitrogens with two attached hydrogens (primary N) is 1. The van der Waals surface area contributed by atoms with Crippen LogP contribution < -0.4 is 15.6 Å². The number of carbonyl (C=O) groups excluding carboxylic acids is 2. The van der Waals surface area contributed by atoms with Gasteiger partial charge in [-0.05, 0) is 6.92 Å². The first-order valence-electron chi connectivity index (χ1n) is 9.99. The molecule has 0 aromatic carbocycles. The van der Waals surface area contributed by atoms with Gasteiger partial charge in [0.1, 0.15) is 24.0 Å². The third-order valence-corrected chi connectivity index (χ3v) is 6.86. The van der Waals surface area contributed by atoms with E-state index >= 15 is 0 Å². The molecule has 2 aliphatic heterocycles. The van der Waals surface area contributed by atoms with Crippen molar-refractivity contribution in [2.75, 3.05) is 18.1 Å². The number of thiazole rings is 1. The smallest absolute Gasteiger partial charge is 0.353 e. The van der Waals surface area contributed by atoms with Crippen molar-refractivity contribution in [3.8, 4) is 0 Å². The minimum atomic E-state index is -1.19. The number of anilines is 1. The fourth-order valence-corrected chi connectivity index (χ4v) is 5.35. The first-order valence-corrected chi connectivity index (χ1v) is 11.9. The van der Waals surface area contributed by atoms with E-state index in [2.05, 4.69) is 15.5 Å². The number of fused-ring (bicyclic) bond motifs is 1. The number of hydrogen-bond donors (Lipinski definition) is 3. The molecule has 0 bridgehead atoms. The van der Waals surface area contributed by atoms with E-state index in [0.29, 0.717) is 17.2 Å². The lowest BCUT2D eigenvalue weighted by molar-refractivity contribution is -0.687. The molecule has 2 aromatic rings. The average Bonchev–Trinajstić information content (AvgIpc) is 3.23. The number of carboxylic acid groups (broad SMARTS) is 1. The molecule has 0 spiro atoms. The summed E-state index contributed by atoms with van der Waals surface area (Å²) in [4.78, 5) is 48.7. The summed E-state index contributed by atoms with van der Waals surface area (Å²) in [6.45, 7) is 2.28. The summed E-state index contributed by atoms with van der Waals surface area (Å²) in [5.41, 5.74) is 5.73. The average molecular weight is 490 g/mol. The molecule has 172 valence electrons. The van der Waals surface area contributed by atoms with Gasteiger partial charge in [0.25, 0.3) is 11.8 Å². The number of carboxylic acids is 1. The van der Waals surface area contributed by atoms with Crippen molar-refractivity contribution in [3.05, 3.63) is 52.3 Å². The van der Waals surface area contributed by atoms with Crippen LogP contribution in [-0.2, 0) is 25.8 Å². The second-order valence-corrected chi connectivity index (χ2v) is 9.10. The van der Waals surface area contributed by atoms with Crippen LogP contribution in [0.1, 0.15) is 12.6 Å². The van der Waals surface area contributed by atoms with Gasteiger partial charge >= 0.3 is 5.97 Å². The van der Waals surface area contributed by atoms with Crippen LogP contribution in [0.5, 0.6) is 0 Å². The van der Waals surface area contributed by atoms with Crippen molar-refractivity contribution in [3.63, 3.8) is 0 Å². The molecular weight excluding hydrogens is 468 g/mol. The maximum absolute atomic E-state index is 12.9. The molecule has 2 unspecified atom stereocenters. The number of β-lactam (4-membered cyclic amide) rings is 1. The maximum atomic E-state index is 12.9. The number of nitrogens with one attached hydrogen (secondary N) is 1. The fraction of sp³-hybridized carbons (Fsp3) is 0.300. The Bertz CT molecular complexity index is 1150. The van der Waals surface area contributed by atoms with E-state index in [4.69, 9.17) is 10.6 Å². The number of thioether (sulfide) groups is 1. The summed E-state index contributed by atoms with van der Waals surface area (Å²) in [6, 6.07) is 4.18. The minimum absolute atomic E-state index is 0.0569. The molecule has 4 heterocycles. The summed E-state index contributed by atoms with van der Waals surface area (Å²) >= 11 is 2.51. The molecule has 2 atom stereocenters. The highest BCUT2D eigenvalue weighted by Gasteiger charge is 2.54. The largest absolute Gasteiger partial charge is 0.477 e. The second-order valence-electron chi connectivity index (χ2n) is 7.09. The van der Waals surface area contributed by atoms with Crippen molar-refractivity contribution in [1.82, 2.24) is 15.2 Å². The Balaban J connectivity index is 1.53. The number of pyridine rings is 1. The molecule has 1 fully saturated rings. The van der Waals surface area contributed by atoms with E-state index in [-0.39, 0.29) is 28.8 Å². The molecule has 0 saturated carbocycles. The monoisotopic (exact) mass is 489 g/mol. The predicted molar refractivity (Wildman–Crippen MR) is 121 cm³/mol. The Morgan fingerprint density at radius 3 is 2.79 bits per heavy atom. The number of hydrogen-bond acceptors (Lipinski definition) is 9. The molecule has 11 nitrogen and oxygen atoms in total. The molecule has 2 aliphatic rings. The van der Waals surface area contributed by atoms with Gasteiger partial charge in [-0.3, -0.25) is 14.5 Å². The van der Waals surface area contributed by atoms with Gasteiger partial charge in [-0.15, -0.1) is 23.1 Å². The van der Waals surface area contributed by atoms with Gasteiger partial charge in [0.15, 0.2) is 29.8 Å². The van der Waals surface area contributed by atoms with Crippen molar-refractivity contribution in [1.29, 1.82) is 0 Å². The third-order valence-electron chi connectivity index (χ3n) is 5.01. The maximum Gasteiger partial charge on any atom is 0.353 e. The number of rotatable bonds is 8. The van der Waals surface area contributed by atoms with Gasteiger partial charge in [0.2, 0.25) is 0 Å². The van der Waals surface area contributed by atoms with Gasteiger partial charge in [-0.2, -0.15) is 0 Å². The lowest BCUT2D eigenvalue weighted by Crippen LogP contribution is -2.73. The van der Waals surface area contributed by atoms with E-state index in [1.165, 1.54) is 16.7 Å². The number of nitrogen functional groups attached to an aromatic ring is 1. The standard InChI is InChI=1S/C20H20N6O5S2/c1-2-31-24-14(11-9-33-20(21)22-11)17(27)23-15-12-10-32-13(8-25-6-4-3-5-7-25)16(19(29)30)26(12)18(15)28/h3-7,9,12,15H,2,8,10H2,1H3,(H3-,21,22,23,27,29,30)/p+1. The van der Waals surface area contributed by atoms with Crippen LogP contribution >= 0.6 is 23.1 Å². The molecule has 13 heteroatoms. The first kappa shape index (κ1) is 22.7. The van der Waals surface area contributed by atoms with Gasteiger partial charge in [0.05, 0.1) is 10.9 Å². The Hall–Kier alpha value is -3.45. The van der Waals surface area contributed by atoms with Crippen molar-refractivity contribution in [2.45, 2.75) is 25.6 Å². The molecule has 33 heavy (non-hydrogen) atoms. The van der Waals surface area contributed by atoms with Gasteiger partial charge in [0, 0.05) is 23.3 Å². The van der Waals surface area contributed by atoms with Gasteiger partial charge in [-0.25, -0.2) is 14.3 Å². The Morgan fingerprint density at radius 2 is 2.15 bits per heavy atom. The Morgan fingerprint density at radius 1 is 1.39 bits per heavy atom. The van der Waals surface area contributed by atoms with E-state index in [0.717, 1.165) is 11.3 Å². The van der Waals surface area contributed by atoms with Crippen LogP contribution in [0.3, 0.4) is 0 Å². The zero-order valence-corrected chi connectivity index (χ0v) is 19.1. The van der Waals surface area contributed by atoms with Crippen LogP contribution in [-0.4, -0.2) is 62.9 Å². The molecule has 4 rings (SSSR count). The molecule has 2 aromatic heterocycles. The van der Waals surface area contributed by atoms with Gasteiger partial charge < -0.3 is 21.0 Å². The highest BCUT2D eigenvalue weighted by atomic mass is 32.2. The molecular formula is C20H21N6O5S2+. The molecule has 1 saturated heterocycles. The molecule has 0 radical (unpaired) electrons. The topological polar surface area (TPSA) is 151 Å². The number of nitrogens with zero attached hydrogens (tertiary/aromatic N) is 4. The molecule has 4 N–H and O–H groups in total. The fourth-order valence-electron chi connectivity index (χ4n) is 3.53. The highest BCUT2D eigenvalue weighted by Crippen LogP contribution is 2.39. The Labute approximate surface area is 196 Å². The number of aromatic nitrogens is 2. The van der Waals surface area contributed by atoms with Crippen molar-refractivity contribution < 1.29 is 28.9 Å². The molecule has 2 amide bonds. The van der Waals surface area contributed by atoms with Crippen LogP contribution in [0.2, 0.25) is 0 Å². The van der Waals surface area contributed by atoms with Crippen molar-refractivity contribution in [2.24, 2.45) is 5.16 Å². The zero-order valence-electron chi connectivity index (χ0n) is 17.5. The van der Waals surface area contributed by atoms with Gasteiger partial charge in [-0.1, -0.05) is 11.2 Å². The third kappa shape index (κ3) is 4.54. The summed E-state index contributed by atoms with van der Waals surface area (Å²) < 4.78 is 1.84. The van der Waals surface area contributed by atoms with E-state index in [9.17, 15) is 19.5 Å². The second kappa shape index (κ2) is 9.58. The summed E-state index contributed by atoms with van der Waals surface area (Å²) in [7, 11) is 0. The molecule has 0 aliphatic carbocycles. The predicted octanol–water partition coefficient (Wildman–Crippen LogP) is 0.192. The van der Waals surface area contributed by atoms with E-state index < -0.39 is 29.9 Å². The van der Waals surface area contributed by atoms with Crippen LogP contribution in [0.15, 0.2) is 51.7 Å².